The van der Waals surface area contributed by atoms with Crippen LogP contribution in [0.5, 0.6) is 0 Å². The van der Waals surface area contributed by atoms with Gasteiger partial charge in [-0.25, -0.2) is 23.1 Å². The van der Waals surface area contributed by atoms with Gasteiger partial charge < -0.3 is 10.6 Å². The van der Waals surface area contributed by atoms with Crippen molar-refractivity contribution >= 4 is 15.8 Å². The summed E-state index contributed by atoms with van der Waals surface area (Å²) in [7, 11) is -1.77. The van der Waals surface area contributed by atoms with Crippen LogP contribution >= 0.6 is 0 Å². The molecule has 19 heavy (non-hydrogen) atoms. The van der Waals surface area contributed by atoms with Crippen molar-refractivity contribution in [1.29, 1.82) is 0 Å². The smallest absolute Gasteiger partial charge is 0.213 e. The van der Waals surface area contributed by atoms with Crippen LogP contribution in [0.15, 0.2) is 6.33 Å². The molecule has 0 bridgehead atoms. The number of aromatic nitrogens is 2. The van der Waals surface area contributed by atoms with Crippen molar-refractivity contribution in [2.24, 2.45) is 0 Å². The molecule has 2 heterocycles. The van der Waals surface area contributed by atoms with Gasteiger partial charge in [0.05, 0.1) is 11.4 Å². The van der Waals surface area contributed by atoms with Gasteiger partial charge in [-0.1, -0.05) is 0 Å². The minimum atomic E-state index is -3.19. The fraction of sp³-hybridized carbons (Fsp3) is 0.636. The highest BCUT2D eigenvalue weighted by Gasteiger charge is 2.14. The Balaban J connectivity index is 2.05. The average molecular weight is 285 g/mol. The molecule has 0 saturated heterocycles. The molecule has 8 heteroatoms. The SMILES string of the molecule is CNS(=O)(=O)CCNc1ncnc2c1CCNCC2. The molecule has 0 spiro atoms. The Morgan fingerprint density at radius 1 is 1.32 bits per heavy atom. The summed E-state index contributed by atoms with van der Waals surface area (Å²) in [6.45, 7) is 2.14. The largest absolute Gasteiger partial charge is 0.369 e. The maximum atomic E-state index is 11.3. The van der Waals surface area contributed by atoms with Gasteiger partial charge in [-0.05, 0) is 20.0 Å². The summed E-state index contributed by atoms with van der Waals surface area (Å²) in [5.41, 5.74) is 2.13. The van der Waals surface area contributed by atoms with Crippen LogP contribution in [0.2, 0.25) is 0 Å². The fourth-order valence-electron chi connectivity index (χ4n) is 2.03. The highest BCUT2D eigenvalue weighted by atomic mass is 32.2. The van der Waals surface area contributed by atoms with Crippen molar-refractivity contribution in [3.63, 3.8) is 0 Å². The molecule has 0 aliphatic carbocycles. The molecular weight excluding hydrogens is 266 g/mol. The standard InChI is InChI=1S/C11H19N5O2S/c1-12-19(17,18)7-6-14-11-9-2-4-13-5-3-10(9)15-8-16-11/h8,12-13H,2-7H2,1H3,(H,14,15,16). The van der Waals surface area contributed by atoms with E-state index in [0.29, 0.717) is 6.54 Å². The molecule has 1 aromatic heterocycles. The first-order chi connectivity index (χ1) is 9.12. The van der Waals surface area contributed by atoms with Gasteiger partial charge in [0.15, 0.2) is 0 Å². The number of hydrogen-bond donors (Lipinski definition) is 3. The number of hydrogen-bond acceptors (Lipinski definition) is 6. The van der Waals surface area contributed by atoms with E-state index in [-0.39, 0.29) is 5.75 Å². The van der Waals surface area contributed by atoms with E-state index in [1.54, 1.807) is 0 Å². The second-order valence-corrected chi connectivity index (χ2v) is 6.39. The van der Waals surface area contributed by atoms with Crippen LogP contribution in [0, 0.1) is 0 Å². The summed E-state index contributed by atoms with van der Waals surface area (Å²) in [4.78, 5) is 8.51. The lowest BCUT2D eigenvalue weighted by Crippen LogP contribution is -2.26. The zero-order valence-corrected chi connectivity index (χ0v) is 11.8. The molecule has 0 amide bonds. The van der Waals surface area contributed by atoms with E-state index in [0.717, 1.165) is 43.0 Å². The first-order valence-corrected chi connectivity index (χ1v) is 7.96. The molecule has 0 atom stereocenters. The van der Waals surface area contributed by atoms with E-state index in [1.165, 1.54) is 13.4 Å². The molecule has 3 N–H and O–H groups in total. The lowest BCUT2D eigenvalue weighted by atomic mass is 10.1. The van der Waals surface area contributed by atoms with Crippen molar-refractivity contribution in [3.05, 3.63) is 17.6 Å². The quantitative estimate of drug-likeness (QED) is 0.650. The molecule has 1 aliphatic heterocycles. The van der Waals surface area contributed by atoms with Crippen LogP contribution in [0.25, 0.3) is 0 Å². The Labute approximate surface area is 113 Å². The van der Waals surface area contributed by atoms with E-state index in [2.05, 4.69) is 25.3 Å². The Kier molecular flexibility index (Phi) is 4.67. The van der Waals surface area contributed by atoms with Crippen LogP contribution in [-0.2, 0) is 22.9 Å². The molecule has 0 fully saturated rings. The van der Waals surface area contributed by atoms with Crippen LogP contribution < -0.4 is 15.4 Å². The first-order valence-electron chi connectivity index (χ1n) is 6.31. The van der Waals surface area contributed by atoms with Gasteiger partial charge in [0.2, 0.25) is 10.0 Å². The molecule has 106 valence electrons. The van der Waals surface area contributed by atoms with Gasteiger partial charge in [0.1, 0.15) is 12.1 Å². The van der Waals surface area contributed by atoms with Crippen LogP contribution in [0.3, 0.4) is 0 Å². The third-order valence-corrected chi connectivity index (χ3v) is 4.46. The summed E-state index contributed by atoms with van der Waals surface area (Å²) >= 11 is 0. The lowest BCUT2D eigenvalue weighted by Gasteiger charge is -2.12. The maximum Gasteiger partial charge on any atom is 0.213 e. The molecule has 0 radical (unpaired) electrons. The maximum absolute atomic E-state index is 11.3. The molecule has 1 aliphatic rings. The fourth-order valence-corrected chi connectivity index (χ4v) is 2.61. The predicted octanol–water partition coefficient (Wildman–Crippen LogP) is -0.874. The second kappa shape index (κ2) is 6.27. The van der Waals surface area contributed by atoms with Crippen molar-refractivity contribution in [1.82, 2.24) is 20.0 Å². The first kappa shape index (κ1) is 14.2. The molecule has 0 unspecified atom stereocenters. The summed E-state index contributed by atoms with van der Waals surface area (Å²) in [5, 5.41) is 6.40. The zero-order valence-electron chi connectivity index (χ0n) is 10.9. The average Bonchev–Trinajstić information content (AvgIpc) is 2.64. The minimum Gasteiger partial charge on any atom is -0.369 e. The Bertz CT molecular complexity index is 532. The number of sulfonamides is 1. The highest BCUT2D eigenvalue weighted by Crippen LogP contribution is 2.17. The number of nitrogens with one attached hydrogen (secondary N) is 3. The third-order valence-electron chi connectivity index (χ3n) is 3.10. The summed E-state index contributed by atoms with van der Waals surface area (Å²) in [5.74, 6) is 0.778. The van der Waals surface area contributed by atoms with Gasteiger partial charge in [0, 0.05) is 25.1 Å². The zero-order chi connectivity index (χ0) is 13.7. The van der Waals surface area contributed by atoms with Crippen molar-refractivity contribution in [2.45, 2.75) is 12.8 Å². The van der Waals surface area contributed by atoms with Gasteiger partial charge in [-0.2, -0.15) is 0 Å². The Morgan fingerprint density at radius 2 is 2.11 bits per heavy atom. The third kappa shape index (κ3) is 3.85. The summed E-state index contributed by atoms with van der Waals surface area (Å²) in [6, 6.07) is 0. The van der Waals surface area contributed by atoms with Crippen molar-refractivity contribution in [3.8, 4) is 0 Å². The van der Waals surface area contributed by atoms with Gasteiger partial charge in [-0.3, -0.25) is 0 Å². The normalized spacial score (nSPS) is 15.6. The Morgan fingerprint density at radius 3 is 2.89 bits per heavy atom. The number of nitrogens with zero attached hydrogens (tertiary/aromatic N) is 2. The monoisotopic (exact) mass is 285 g/mol. The van der Waals surface area contributed by atoms with E-state index in [1.807, 2.05) is 0 Å². The molecule has 0 aromatic carbocycles. The van der Waals surface area contributed by atoms with E-state index in [4.69, 9.17) is 0 Å². The highest BCUT2D eigenvalue weighted by molar-refractivity contribution is 7.89. The van der Waals surface area contributed by atoms with Crippen LogP contribution in [0.1, 0.15) is 11.3 Å². The molecule has 0 saturated carbocycles. The van der Waals surface area contributed by atoms with Crippen molar-refractivity contribution in [2.75, 3.05) is 37.8 Å². The molecular formula is C11H19N5O2S. The van der Waals surface area contributed by atoms with Crippen LogP contribution in [-0.4, -0.2) is 50.8 Å². The predicted molar refractivity (Wildman–Crippen MR) is 73.6 cm³/mol. The second-order valence-electron chi connectivity index (χ2n) is 4.35. The molecule has 2 rings (SSSR count). The number of rotatable bonds is 5. The minimum absolute atomic E-state index is 0.0283. The van der Waals surface area contributed by atoms with Crippen LogP contribution in [0.4, 0.5) is 5.82 Å². The lowest BCUT2D eigenvalue weighted by molar-refractivity contribution is 0.588. The summed E-state index contributed by atoms with van der Waals surface area (Å²) in [6.07, 6.45) is 3.26. The van der Waals surface area contributed by atoms with E-state index >= 15 is 0 Å². The van der Waals surface area contributed by atoms with E-state index < -0.39 is 10.0 Å². The molecule has 7 nitrogen and oxygen atoms in total. The van der Waals surface area contributed by atoms with Gasteiger partial charge in [0.25, 0.3) is 0 Å². The van der Waals surface area contributed by atoms with Gasteiger partial charge in [-0.15, -0.1) is 0 Å². The Hall–Kier alpha value is -1.25. The van der Waals surface area contributed by atoms with E-state index in [9.17, 15) is 8.42 Å². The van der Waals surface area contributed by atoms with Gasteiger partial charge >= 0.3 is 0 Å². The number of fused-ring (bicyclic) bond motifs is 1. The van der Waals surface area contributed by atoms with Crippen molar-refractivity contribution < 1.29 is 8.42 Å². The molecule has 1 aromatic rings. The number of anilines is 1. The summed E-state index contributed by atoms with van der Waals surface area (Å²) < 4.78 is 25.0. The topological polar surface area (TPSA) is 96.0 Å².